The molecule has 0 radical (unpaired) electrons. The van der Waals surface area contributed by atoms with E-state index < -0.39 is 0 Å². The zero-order valence-electron chi connectivity index (χ0n) is 14.3. The standard InChI is InChI=1S/C17H20ClN3O3S/c1-10(2)24-8-13-7-15(22)21-17(19-13)25-9-16(23)20-14-6-12(18)5-4-11(14)3/h4-7,10H,8-9H2,1-3H3,(H,20,23)(H,19,21,22). The van der Waals surface area contributed by atoms with Crippen molar-refractivity contribution >= 4 is 35.0 Å². The van der Waals surface area contributed by atoms with Crippen LogP contribution in [0.5, 0.6) is 0 Å². The van der Waals surface area contributed by atoms with Gasteiger partial charge in [0, 0.05) is 16.8 Å². The van der Waals surface area contributed by atoms with Crippen molar-refractivity contribution in [1.29, 1.82) is 0 Å². The highest BCUT2D eigenvalue weighted by atomic mass is 35.5. The number of benzene rings is 1. The molecule has 0 aliphatic rings. The van der Waals surface area contributed by atoms with Crippen molar-refractivity contribution < 1.29 is 9.53 Å². The van der Waals surface area contributed by atoms with Crippen molar-refractivity contribution in [3.05, 3.63) is 50.9 Å². The molecule has 0 unspecified atom stereocenters. The number of H-pyrrole nitrogens is 1. The maximum absolute atomic E-state index is 12.1. The van der Waals surface area contributed by atoms with E-state index in [2.05, 4.69) is 15.3 Å². The lowest BCUT2D eigenvalue weighted by molar-refractivity contribution is -0.113. The summed E-state index contributed by atoms with van der Waals surface area (Å²) in [6, 6.07) is 6.69. The Balaban J connectivity index is 1.97. The maximum atomic E-state index is 12.1. The number of hydrogen-bond acceptors (Lipinski definition) is 5. The van der Waals surface area contributed by atoms with Gasteiger partial charge in [-0.3, -0.25) is 9.59 Å². The fourth-order valence-corrected chi connectivity index (χ4v) is 2.79. The molecule has 0 bridgehead atoms. The zero-order valence-corrected chi connectivity index (χ0v) is 15.8. The van der Waals surface area contributed by atoms with Crippen LogP contribution in [0.2, 0.25) is 5.02 Å². The molecule has 0 spiro atoms. The Bertz CT molecular complexity index is 808. The molecule has 1 amide bonds. The molecule has 0 saturated heterocycles. The number of aromatic nitrogens is 2. The topological polar surface area (TPSA) is 84.1 Å². The van der Waals surface area contributed by atoms with Crippen molar-refractivity contribution in [3.8, 4) is 0 Å². The van der Waals surface area contributed by atoms with Gasteiger partial charge in [0.1, 0.15) is 0 Å². The molecule has 2 aromatic rings. The highest BCUT2D eigenvalue weighted by Gasteiger charge is 2.09. The number of aromatic amines is 1. The van der Waals surface area contributed by atoms with Gasteiger partial charge in [0.2, 0.25) is 5.91 Å². The lowest BCUT2D eigenvalue weighted by atomic mass is 10.2. The molecule has 6 nitrogen and oxygen atoms in total. The van der Waals surface area contributed by atoms with Crippen LogP contribution in [0.1, 0.15) is 25.1 Å². The number of anilines is 1. The fraction of sp³-hybridized carbons (Fsp3) is 0.353. The van der Waals surface area contributed by atoms with Gasteiger partial charge >= 0.3 is 0 Å². The summed E-state index contributed by atoms with van der Waals surface area (Å²) in [4.78, 5) is 30.7. The molecule has 1 aromatic carbocycles. The van der Waals surface area contributed by atoms with Crippen molar-refractivity contribution in [3.63, 3.8) is 0 Å². The predicted octanol–water partition coefficient (Wildman–Crippen LogP) is 3.39. The summed E-state index contributed by atoms with van der Waals surface area (Å²) in [6.07, 6.45) is 0.0453. The molecule has 0 fully saturated rings. The van der Waals surface area contributed by atoms with Crippen molar-refractivity contribution in [2.24, 2.45) is 0 Å². The molecule has 134 valence electrons. The summed E-state index contributed by atoms with van der Waals surface area (Å²) < 4.78 is 5.45. The first-order valence-corrected chi connectivity index (χ1v) is 9.10. The van der Waals surface area contributed by atoms with Crippen LogP contribution in [0.4, 0.5) is 5.69 Å². The Morgan fingerprint density at radius 3 is 2.88 bits per heavy atom. The third-order valence-electron chi connectivity index (χ3n) is 3.15. The Morgan fingerprint density at radius 1 is 1.40 bits per heavy atom. The molecule has 2 N–H and O–H groups in total. The smallest absolute Gasteiger partial charge is 0.251 e. The largest absolute Gasteiger partial charge is 0.373 e. The van der Waals surface area contributed by atoms with Gasteiger partial charge in [-0.15, -0.1) is 0 Å². The lowest BCUT2D eigenvalue weighted by Crippen LogP contribution is -2.17. The first-order valence-electron chi connectivity index (χ1n) is 7.74. The minimum atomic E-state index is -0.272. The maximum Gasteiger partial charge on any atom is 0.251 e. The predicted molar refractivity (Wildman–Crippen MR) is 100 cm³/mol. The number of aryl methyl sites for hydroxylation is 1. The summed E-state index contributed by atoms with van der Waals surface area (Å²) in [5, 5.41) is 3.74. The van der Waals surface area contributed by atoms with Gasteiger partial charge in [-0.25, -0.2) is 4.98 Å². The summed E-state index contributed by atoms with van der Waals surface area (Å²) in [5.74, 6) is -0.0922. The van der Waals surface area contributed by atoms with E-state index >= 15 is 0 Å². The molecule has 8 heteroatoms. The third kappa shape index (κ3) is 6.53. The quantitative estimate of drug-likeness (QED) is 0.567. The SMILES string of the molecule is Cc1ccc(Cl)cc1NC(=O)CSc1nc(COC(C)C)cc(=O)[nH]1. The Labute approximate surface area is 155 Å². The number of rotatable bonds is 7. The zero-order chi connectivity index (χ0) is 18.4. The summed E-state index contributed by atoms with van der Waals surface area (Å²) in [6.45, 7) is 5.95. The minimum Gasteiger partial charge on any atom is -0.373 e. The average Bonchev–Trinajstić information content (AvgIpc) is 2.54. The van der Waals surface area contributed by atoms with Crippen molar-refractivity contribution in [1.82, 2.24) is 9.97 Å². The molecule has 1 aromatic heterocycles. The van der Waals surface area contributed by atoms with Crippen molar-refractivity contribution in [2.75, 3.05) is 11.1 Å². The number of nitrogens with zero attached hydrogens (tertiary/aromatic N) is 1. The molecule has 0 atom stereocenters. The van der Waals surface area contributed by atoms with E-state index in [9.17, 15) is 9.59 Å². The summed E-state index contributed by atoms with van der Waals surface area (Å²) in [5.41, 5.74) is 1.85. The molecular formula is C17H20ClN3O3S. The van der Waals surface area contributed by atoms with Gasteiger partial charge in [0.15, 0.2) is 5.16 Å². The van der Waals surface area contributed by atoms with Crippen LogP contribution in [0.25, 0.3) is 0 Å². The second kappa shape index (κ2) is 9.03. The second-order valence-electron chi connectivity index (χ2n) is 5.70. The minimum absolute atomic E-state index is 0.0453. The first-order chi connectivity index (χ1) is 11.8. The second-order valence-corrected chi connectivity index (χ2v) is 7.10. The molecule has 0 saturated carbocycles. The van der Waals surface area contributed by atoms with Gasteiger partial charge in [-0.2, -0.15) is 0 Å². The van der Waals surface area contributed by atoms with Gasteiger partial charge in [-0.05, 0) is 38.5 Å². The lowest BCUT2D eigenvalue weighted by Gasteiger charge is -2.09. The van der Waals surface area contributed by atoms with Gasteiger partial charge < -0.3 is 15.0 Å². The average molecular weight is 382 g/mol. The molecule has 0 aliphatic carbocycles. The number of nitrogens with one attached hydrogen (secondary N) is 2. The van der Waals surface area contributed by atoms with Crippen LogP contribution >= 0.6 is 23.4 Å². The first kappa shape index (κ1) is 19.5. The van der Waals surface area contributed by atoms with E-state index in [0.29, 0.717) is 21.6 Å². The van der Waals surface area contributed by atoms with Crippen LogP contribution in [0, 0.1) is 6.92 Å². The van der Waals surface area contributed by atoms with E-state index in [4.69, 9.17) is 16.3 Å². The van der Waals surface area contributed by atoms with E-state index in [-0.39, 0.29) is 29.9 Å². The third-order valence-corrected chi connectivity index (χ3v) is 4.26. The normalized spacial score (nSPS) is 10.9. The van der Waals surface area contributed by atoms with Crippen LogP contribution in [0.3, 0.4) is 0 Å². The fourth-order valence-electron chi connectivity index (χ4n) is 1.93. The number of ether oxygens (including phenoxy) is 1. The van der Waals surface area contributed by atoms with E-state index in [1.165, 1.54) is 6.07 Å². The molecule has 2 rings (SSSR count). The highest BCUT2D eigenvalue weighted by molar-refractivity contribution is 7.99. The molecular weight excluding hydrogens is 362 g/mol. The molecule has 1 heterocycles. The number of hydrogen-bond donors (Lipinski definition) is 2. The van der Waals surface area contributed by atoms with Crippen LogP contribution in [0.15, 0.2) is 34.2 Å². The van der Waals surface area contributed by atoms with E-state index in [0.717, 1.165) is 17.3 Å². The van der Waals surface area contributed by atoms with Gasteiger partial charge in [0.05, 0.1) is 24.2 Å². The molecule has 0 aliphatic heterocycles. The number of amides is 1. The van der Waals surface area contributed by atoms with Gasteiger partial charge in [-0.1, -0.05) is 29.4 Å². The van der Waals surface area contributed by atoms with Gasteiger partial charge in [0.25, 0.3) is 5.56 Å². The number of carbonyl (C=O) groups is 1. The number of halogens is 1. The van der Waals surface area contributed by atoms with Crippen LogP contribution in [-0.2, 0) is 16.1 Å². The number of carbonyl (C=O) groups excluding carboxylic acids is 1. The van der Waals surface area contributed by atoms with Crippen LogP contribution < -0.4 is 10.9 Å². The van der Waals surface area contributed by atoms with Crippen molar-refractivity contribution in [2.45, 2.75) is 38.6 Å². The molecule has 25 heavy (non-hydrogen) atoms. The Hall–Kier alpha value is -1.83. The summed E-state index contributed by atoms with van der Waals surface area (Å²) >= 11 is 7.10. The van der Waals surface area contributed by atoms with E-state index in [1.807, 2.05) is 26.8 Å². The summed E-state index contributed by atoms with van der Waals surface area (Å²) in [7, 11) is 0. The Morgan fingerprint density at radius 2 is 2.16 bits per heavy atom. The van der Waals surface area contributed by atoms with E-state index in [1.54, 1.807) is 12.1 Å². The highest BCUT2D eigenvalue weighted by Crippen LogP contribution is 2.21. The number of thioether (sulfide) groups is 1. The Kier molecular flexibility index (Phi) is 7.04. The van der Waals surface area contributed by atoms with Crippen LogP contribution in [-0.4, -0.2) is 27.7 Å². The monoisotopic (exact) mass is 381 g/mol.